The maximum atomic E-state index is 12.3. The van der Waals surface area contributed by atoms with E-state index >= 15 is 0 Å². The van der Waals surface area contributed by atoms with Gasteiger partial charge in [-0.25, -0.2) is 0 Å². The third kappa shape index (κ3) is 4.61. The Balaban J connectivity index is 1.58. The van der Waals surface area contributed by atoms with Gasteiger partial charge in [-0.15, -0.1) is 0 Å². The predicted octanol–water partition coefficient (Wildman–Crippen LogP) is 2.31. The zero-order valence-corrected chi connectivity index (χ0v) is 14.8. The first-order chi connectivity index (χ1) is 12.7. The smallest absolute Gasteiger partial charge is 0.229 e. The summed E-state index contributed by atoms with van der Waals surface area (Å²) in [4.78, 5) is 25.8. The first-order valence-electron chi connectivity index (χ1n) is 8.73. The normalized spacial score (nSPS) is 16.6. The van der Waals surface area contributed by atoms with E-state index in [4.69, 9.17) is 4.74 Å². The standard InChI is InChI=1S/C20H23N3O3/c1-21-12-11-19(24)22-15-13-20(25)23(14-15)16-7-9-18(10-8-16)26-17-5-3-2-4-6-17/h2-10,15,21H,11-14H2,1H3,(H,22,24). The molecule has 2 amide bonds. The molecule has 0 aliphatic carbocycles. The van der Waals surface area contributed by atoms with Gasteiger partial charge in [-0.1, -0.05) is 18.2 Å². The molecule has 6 heteroatoms. The first kappa shape index (κ1) is 17.9. The number of carbonyl (C=O) groups is 2. The maximum Gasteiger partial charge on any atom is 0.229 e. The maximum absolute atomic E-state index is 12.3. The van der Waals surface area contributed by atoms with Gasteiger partial charge < -0.3 is 20.3 Å². The molecule has 1 aliphatic heterocycles. The van der Waals surface area contributed by atoms with Crippen LogP contribution in [-0.2, 0) is 9.59 Å². The van der Waals surface area contributed by atoms with Crippen LogP contribution in [0.3, 0.4) is 0 Å². The number of nitrogens with zero attached hydrogens (tertiary/aromatic N) is 1. The predicted molar refractivity (Wildman–Crippen MR) is 100 cm³/mol. The van der Waals surface area contributed by atoms with Crippen LogP contribution in [0.15, 0.2) is 54.6 Å². The van der Waals surface area contributed by atoms with Crippen LogP contribution in [0, 0.1) is 0 Å². The van der Waals surface area contributed by atoms with E-state index in [-0.39, 0.29) is 17.9 Å². The molecule has 6 nitrogen and oxygen atoms in total. The van der Waals surface area contributed by atoms with Gasteiger partial charge in [-0.05, 0) is 43.4 Å². The summed E-state index contributed by atoms with van der Waals surface area (Å²) in [6, 6.07) is 16.8. The van der Waals surface area contributed by atoms with Crippen molar-refractivity contribution in [1.29, 1.82) is 0 Å². The van der Waals surface area contributed by atoms with Gasteiger partial charge in [0.15, 0.2) is 0 Å². The van der Waals surface area contributed by atoms with Crippen molar-refractivity contribution < 1.29 is 14.3 Å². The van der Waals surface area contributed by atoms with Crippen molar-refractivity contribution >= 4 is 17.5 Å². The zero-order valence-electron chi connectivity index (χ0n) is 14.8. The lowest BCUT2D eigenvalue weighted by Crippen LogP contribution is -2.38. The fraction of sp³-hybridized carbons (Fsp3) is 0.300. The Morgan fingerprint density at radius 3 is 2.50 bits per heavy atom. The van der Waals surface area contributed by atoms with Crippen LogP contribution in [-0.4, -0.2) is 38.0 Å². The number of para-hydroxylation sites is 1. The van der Waals surface area contributed by atoms with Crippen LogP contribution in [0.2, 0.25) is 0 Å². The van der Waals surface area contributed by atoms with Crippen LogP contribution >= 0.6 is 0 Å². The molecule has 136 valence electrons. The van der Waals surface area contributed by atoms with E-state index in [1.807, 2.05) is 54.6 Å². The number of hydrogen-bond acceptors (Lipinski definition) is 4. The summed E-state index contributed by atoms with van der Waals surface area (Å²) in [6.07, 6.45) is 0.736. The summed E-state index contributed by atoms with van der Waals surface area (Å²) in [5.41, 5.74) is 0.808. The van der Waals surface area contributed by atoms with E-state index in [0.717, 1.165) is 11.4 Å². The van der Waals surface area contributed by atoms with Gasteiger partial charge in [0.1, 0.15) is 11.5 Å². The van der Waals surface area contributed by atoms with Crippen LogP contribution in [0.1, 0.15) is 12.8 Å². The number of rotatable bonds is 7. The summed E-state index contributed by atoms with van der Waals surface area (Å²) in [5.74, 6) is 1.46. The molecule has 26 heavy (non-hydrogen) atoms. The monoisotopic (exact) mass is 353 g/mol. The minimum Gasteiger partial charge on any atom is -0.457 e. The Morgan fingerprint density at radius 2 is 1.81 bits per heavy atom. The molecule has 1 fully saturated rings. The Morgan fingerprint density at radius 1 is 1.12 bits per heavy atom. The quantitative estimate of drug-likeness (QED) is 0.801. The molecular formula is C20H23N3O3. The molecule has 2 aromatic carbocycles. The van der Waals surface area contributed by atoms with Crippen molar-refractivity contribution in [2.75, 3.05) is 25.0 Å². The van der Waals surface area contributed by atoms with E-state index in [1.165, 1.54) is 0 Å². The van der Waals surface area contributed by atoms with Gasteiger partial charge in [-0.3, -0.25) is 9.59 Å². The third-order valence-corrected chi connectivity index (χ3v) is 4.22. The van der Waals surface area contributed by atoms with Crippen molar-refractivity contribution in [3.05, 3.63) is 54.6 Å². The molecule has 2 aromatic rings. The topological polar surface area (TPSA) is 70.7 Å². The molecule has 1 atom stereocenters. The number of anilines is 1. The van der Waals surface area contributed by atoms with Crippen molar-refractivity contribution in [3.8, 4) is 11.5 Å². The minimum absolute atomic E-state index is 0.0145. The summed E-state index contributed by atoms with van der Waals surface area (Å²) in [5, 5.41) is 5.86. The number of hydrogen-bond donors (Lipinski definition) is 2. The summed E-state index contributed by atoms with van der Waals surface area (Å²) >= 11 is 0. The van der Waals surface area contributed by atoms with Crippen molar-refractivity contribution in [2.45, 2.75) is 18.9 Å². The van der Waals surface area contributed by atoms with E-state index in [9.17, 15) is 9.59 Å². The molecule has 1 heterocycles. The van der Waals surface area contributed by atoms with Gasteiger partial charge in [0.25, 0.3) is 0 Å². The molecule has 0 spiro atoms. The summed E-state index contributed by atoms with van der Waals surface area (Å²) < 4.78 is 5.77. The van der Waals surface area contributed by atoms with Crippen LogP contribution < -0.4 is 20.3 Å². The Kier molecular flexibility index (Phi) is 5.86. The average Bonchev–Trinajstić information content (AvgIpc) is 3.01. The number of ether oxygens (including phenoxy) is 1. The molecule has 3 rings (SSSR count). The highest BCUT2D eigenvalue weighted by molar-refractivity contribution is 5.96. The van der Waals surface area contributed by atoms with Crippen LogP contribution in [0.5, 0.6) is 11.5 Å². The number of carbonyl (C=O) groups excluding carboxylic acids is 2. The number of amides is 2. The lowest BCUT2D eigenvalue weighted by Gasteiger charge is -2.18. The second-order valence-corrected chi connectivity index (χ2v) is 6.24. The lowest BCUT2D eigenvalue weighted by atomic mass is 10.2. The molecule has 0 aromatic heterocycles. The fourth-order valence-electron chi connectivity index (χ4n) is 2.91. The first-order valence-corrected chi connectivity index (χ1v) is 8.73. The Labute approximate surface area is 153 Å². The summed E-state index contributed by atoms with van der Waals surface area (Å²) in [7, 11) is 1.80. The molecule has 1 aliphatic rings. The molecule has 1 saturated heterocycles. The van der Waals surface area contributed by atoms with E-state index in [0.29, 0.717) is 31.7 Å². The van der Waals surface area contributed by atoms with Gasteiger partial charge in [-0.2, -0.15) is 0 Å². The van der Waals surface area contributed by atoms with E-state index in [2.05, 4.69) is 10.6 Å². The molecule has 0 bridgehead atoms. The Hall–Kier alpha value is -2.86. The number of nitrogens with one attached hydrogen (secondary N) is 2. The zero-order chi connectivity index (χ0) is 18.4. The highest BCUT2D eigenvalue weighted by atomic mass is 16.5. The van der Waals surface area contributed by atoms with Crippen molar-refractivity contribution in [1.82, 2.24) is 10.6 Å². The minimum atomic E-state index is -0.146. The van der Waals surface area contributed by atoms with E-state index < -0.39 is 0 Å². The largest absolute Gasteiger partial charge is 0.457 e. The van der Waals surface area contributed by atoms with Crippen LogP contribution in [0.4, 0.5) is 5.69 Å². The Bertz CT molecular complexity index is 747. The second kappa shape index (κ2) is 8.49. The average molecular weight is 353 g/mol. The number of benzene rings is 2. The molecule has 0 saturated carbocycles. The highest BCUT2D eigenvalue weighted by Crippen LogP contribution is 2.26. The van der Waals surface area contributed by atoms with Crippen molar-refractivity contribution in [2.24, 2.45) is 0 Å². The fourth-order valence-corrected chi connectivity index (χ4v) is 2.91. The van der Waals surface area contributed by atoms with Crippen LogP contribution in [0.25, 0.3) is 0 Å². The van der Waals surface area contributed by atoms with Gasteiger partial charge >= 0.3 is 0 Å². The highest BCUT2D eigenvalue weighted by Gasteiger charge is 2.31. The summed E-state index contributed by atoms with van der Waals surface area (Å²) in [6.45, 7) is 1.11. The van der Waals surface area contributed by atoms with Gasteiger partial charge in [0.2, 0.25) is 11.8 Å². The molecule has 2 N–H and O–H groups in total. The van der Waals surface area contributed by atoms with Gasteiger partial charge in [0, 0.05) is 31.6 Å². The molecule has 1 unspecified atom stereocenters. The SMILES string of the molecule is CNCCC(=O)NC1CC(=O)N(c2ccc(Oc3ccccc3)cc2)C1. The molecule has 0 radical (unpaired) electrons. The van der Waals surface area contributed by atoms with E-state index in [1.54, 1.807) is 11.9 Å². The third-order valence-electron chi connectivity index (χ3n) is 4.22. The second-order valence-electron chi connectivity index (χ2n) is 6.24. The molecular weight excluding hydrogens is 330 g/mol. The lowest BCUT2D eigenvalue weighted by molar-refractivity contribution is -0.121. The van der Waals surface area contributed by atoms with Crippen molar-refractivity contribution in [3.63, 3.8) is 0 Å². The van der Waals surface area contributed by atoms with Gasteiger partial charge in [0.05, 0.1) is 6.04 Å².